The van der Waals surface area contributed by atoms with Crippen molar-refractivity contribution < 1.29 is 4.74 Å². The summed E-state index contributed by atoms with van der Waals surface area (Å²) in [5.41, 5.74) is 4.73. The number of benzene rings is 3. The average Bonchev–Trinajstić information content (AvgIpc) is 3.06. The second-order valence-corrected chi connectivity index (χ2v) is 7.23. The molecule has 140 valence electrons. The lowest BCUT2D eigenvalue weighted by molar-refractivity contribution is 0.308. The fraction of sp³-hybridized carbons (Fsp3) is 0.0870. The highest BCUT2D eigenvalue weighted by Gasteiger charge is 2.20. The van der Waals surface area contributed by atoms with Gasteiger partial charge in [0.2, 0.25) is 0 Å². The summed E-state index contributed by atoms with van der Waals surface area (Å²) in [6, 6.07) is 25.7. The van der Waals surface area contributed by atoms with Gasteiger partial charge in [-0.25, -0.2) is 0 Å². The van der Waals surface area contributed by atoms with E-state index in [0.29, 0.717) is 16.7 Å². The minimum absolute atomic E-state index is 0.363. The normalized spacial score (nSPS) is 10.8. The van der Waals surface area contributed by atoms with Crippen LogP contribution < -0.4 is 4.74 Å². The van der Waals surface area contributed by atoms with Gasteiger partial charge in [-0.15, -0.1) is 0 Å². The van der Waals surface area contributed by atoms with Gasteiger partial charge < -0.3 is 4.74 Å². The van der Waals surface area contributed by atoms with Crippen molar-refractivity contribution >= 4 is 23.2 Å². The molecule has 0 radical (unpaired) electrons. The monoisotopic (exact) mass is 408 g/mol. The highest BCUT2D eigenvalue weighted by atomic mass is 35.5. The van der Waals surface area contributed by atoms with Gasteiger partial charge in [-0.05, 0) is 17.7 Å². The first-order valence-electron chi connectivity index (χ1n) is 8.88. The van der Waals surface area contributed by atoms with Crippen LogP contribution in [0.1, 0.15) is 5.56 Å². The Bertz CT molecular complexity index is 1090. The Morgan fingerprint density at radius 2 is 1.46 bits per heavy atom. The molecule has 0 saturated heterocycles. The maximum absolute atomic E-state index is 6.29. The Balaban J connectivity index is 1.77. The molecule has 0 aliphatic carbocycles. The molecule has 0 saturated carbocycles. The van der Waals surface area contributed by atoms with E-state index in [9.17, 15) is 0 Å². The van der Waals surface area contributed by atoms with Gasteiger partial charge in [0.15, 0.2) is 5.75 Å². The highest BCUT2D eigenvalue weighted by molar-refractivity contribution is 6.42. The van der Waals surface area contributed by atoms with E-state index in [2.05, 4.69) is 12.1 Å². The van der Waals surface area contributed by atoms with E-state index in [1.807, 2.05) is 72.4 Å². The predicted molar refractivity (Wildman–Crippen MR) is 115 cm³/mol. The van der Waals surface area contributed by atoms with Gasteiger partial charge in [0.05, 0.1) is 10.0 Å². The molecule has 28 heavy (non-hydrogen) atoms. The number of hydrogen-bond acceptors (Lipinski definition) is 2. The van der Waals surface area contributed by atoms with Crippen molar-refractivity contribution in [3.8, 4) is 28.3 Å². The van der Waals surface area contributed by atoms with Crippen LogP contribution in [0.4, 0.5) is 0 Å². The van der Waals surface area contributed by atoms with Crippen molar-refractivity contribution in [3.05, 3.63) is 94.5 Å². The zero-order valence-corrected chi connectivity index (χ0v) is 16.8. The number of aryl methyl sites for hydroxylation is 1. The van der Waals surface area contributed by atoms with E-state index >= 15 is 0 Å². The molecule has 5 heteroatoms. The van der Waals surface area contributed by atoms with Gasteiger partial charge in [-0.3, -0.25) is 4.68 Å². The van der Waals surface area contributed by atoms with Crippen LogP contribution in [-0.2, 0) is 13.7 Å². The molecule has 0 amide bonds. The molecule has 4 aromatic rings. The summed E-state index contributed by atoms with van der Waals surface area (Å²) in [5, 5.41) is 5.79. The van der Waals surface area contributed by atoms with Gasteiger partial charge in [-0.2, -0.15) is 5.10 Å². The molecule has 3 aromatic carbocycles. The molecule has 0 N–H and O–H groups in total. The largest absolute Gasteiger partial charge is 0.484 e. The number of hydrogen-bond donors (Lipinski definition) is 0. The van der Waals surface area contributed by atoms with E-state index in [1.165, 1.54) is 0 Å². The van der Waals surface area contributed by atoms with Crippen LogP contribution in [0.2, 0.25) is 10.0 Å². The Labute approximate surface area is 174 Å². The third-order valence-electron chi connectivity index (χ3n) is 4.47. The summed E-state index contributed by atoms with van der Waals surface area (Å²) in [6.07, 6.45) is 0. The second-order valence-electron chi connectivity index (χ2n) is 6.42. The molecule has 1 aromatic heterocycles. The second kappa shape index (κ2) is 8.09. The number of nitrogens with zero attached hydrogens (tertiary/aromatic N) is 2. The first kappa shape index (κ1) is 18.6. The van der Waals surface area contributed by atoms with Gasteiger partial charge >= 0.3 is 0 Å². The van der Waals surface area contributed by atoms with Crippen LogP contribution >= 0.6 is 23.2 Å². The predicted octanol–water partition coefficient (Wildman–Crippen LogP) is 6.64. The fourth-order valence-corrected chi connectivity index (χ4v) is 3.45. The zero-order valence-electron chi connectivity index (χ0n) is 15.3. The van der Waals surface area contributed by atoms with Gasteiger partial charge in [0, 0.05) is 18.2 Å². The first-order valence-corrected chi connectivity index (χ1v) is 9.63. The molecule has 0 fully saturated rings. The number of aromatic nitrogens is 2. The number of ether oxygens (including phenoxy) is 1. The number of rotatable bonds is 5. The Kier molecular flexibility index (Phi) is 5.38. The summed E-state index contributed by atoms with van der Waals surface area (Å²) in [6.45, 7) is 0.363. The summed E-state index contributed by atoms with van der Waals surface area (Å²) >= 11 is 12.2. The molecule has 0 aliphatic rings. The molecule has 0 atom stereocenters. The van der Waals surface area contributed by atoms with Crippen LogP contribution in [0.15, 0.2) is 78.9 Å². The highest BCUT2D eigenvalue weighted by Crippen LogP contribution is 2.39. The van der Waals surface area contributed by atoms with E-state index in [-0.39, 0.29) is 0 Å². The van der Waals surface area contributed by atoms with Crippen LogP contribution in [-0.4, -0.2) is 9.78 Å². The van der Waals surface area contributed by atoms with Gasteiger partial charge in [0.1, 0.15) is 18.0 Å². The standard InChI is InChI=1S/C23H18Cl2N2O/c1-27-22(18-10-6-3-7-11-18)23(21(26-27)17-8-4-2-5-9-17)28-15-16-12-13-19(24)20(25)14-16/h2-14H,15H2,1H3. The van der Waals surface area contributed by atoms with E-state index in [1.54, 1.807) is 6.07 Å². The fourth-order valence-electron chi connectivity index (χ4n) is 3.12. The SMILES string of the molecule is Cn1nc(-c2ccccc2)c(OCc2ccc(Cl)c(Cl)c2)c1-c1ccccc1. The maximum atomic E-state index is 6.29. The van der Waals surface area contributed by atoms with Crippen LogP contribution in [0.5, 0.6) is 5.75 Å². The maximum Gasteiger partial charge on any atom is 0.173 e. The zero-order chi connectivity index (χ0) is 19.5. The van der Waals surface area contributed by atoms with Crippen LogP contribution in [0.3, 0.4) is 0 Å². The third kappa shape index (κ3) is 3.77. The van der Waals surface area contributed by atoms with Gasteiger partial charge in [-0.1, -0.05) is 89.9 Å². The van der Waals surface area contributed by atoms with Crippen molar-refractivity contribution in [2.24, 2.45) is 7.05 Å². The van der Waals surface area contributed by atoms with E-state index < -0.39 is 0 Å². The van der Waals surface area contributed by atoms with E-state index in [0.717, 1.165) is 33.8 Å². The Morgan fingerprint density at radius 3 is 2.11 bits per heavy atom. The summed E-state index contributed by atoms with van der Waals surface area (Å²) < 4.78 is 8.16. The quantitative estimate of drug-likeness (QED) is 0.370. The van der Waals surface area contributed by atoms with Crippen molar-refractivity contribution in [2.45, 2.75) is 6.61 Å². The lowest BCUT2D eigenvalue weighted by Crippen LogP contribution is -1.98. The minimum Gasteiger partial charge on any atom is -0.484 e. The lowest BCUT2D eigenvalue weighted by Gasteiger charge is -2.11. The first-order chi connectivity index (χ1) is 13.6. The van der Waals surface area contributed by atoms with E-state index in [4.69, 9.17) is 33.0 Å². The Morgan fingerprint density at radius 1 is 0.821 bits per heavy atom. The molecule has 1 heterocycles. The average molecular weight is 409 g/mol. The Hall–Kier alpha value is -2.75. The summed E-state index contributed by atoms with van der Waals surface area (Å²) in [4.78, 5) is 0. The molecule has 0 bridgehead atoms. The minimum atomic E-state index is 0.363. The molecular formula is C23H18Cl2N2O. The summed E-state index contributed by atoms with van der Waals surface area (Å²) in [7, 11) is 1.93. The lowest BCUT2D eigenvalue weighted by atomic mass is 10.1. The molecule has 3 nitrogen and oxygen atoms in total. The molecular weight excluding hydrogens is 391 g/mol. The molecule has 0 unspecified atom stereocenters. The molecule has 4 rings (SSSR count). The van der Waals surface area contributed by atoms with Crippen molar-refractivity contribution in [3.63, 3.8) is 0 Å². The van der Waals surface area contributed by atoms with Crippen LogP contribution in [0, 0.1) is 0 Å². The van der Waals surface area contributed by atoms with Crippen molar-refractivity contribution in [2.75, 3.05) is 0 Å². The third-order valence-corrected chi connectivity index (χ3v) is 5.20. The smallest absolute Gasteiger partial charge is 0.173 e. The van der Waals surface area contributed by atoms with Crippen molar-refractivity contribution in [1.82, 2.24) is 9.78 Å². The number of halogens is 2. The summed E-state index contributed by atoms with van der Waals surface area (Å²) in [5.74, 6) is 0.742. The van der Waals surface area contributed by atoms with Crippen molar-refractivity contribution in [1.29, 1.82) is 0 Å². The van der Waals surface area contributed by atoms with Crippen LogP contribution in [0.25, 0.3) is 22.5 Å². The van der Waals surface area contributed by atoms with Gasteiger partial charge in [0.25, 0.3) is 0 Å². The molecule has 0 spiro atoms. The topological polar surface area (TPSA) is 27.1 Å². The molecule has 0 aliphatic heterocycles.